The molecule has 2 N–H and O–H groups in total. The van der Waals surface area contributed by atoms with E-state index >= 15 is 0 Å². The Morgan fingerprint density at radius 3 is 2.85 bits per heavy atom. The quantitative estimate of drug-likeness (QED) is 0.812. The summed E-state index contributed by atoms with van der Waals surface area (Å²) in [4.78, 5) is 11.7. The fourth-order valence-electron chi connectivity index (χ4n) is 2.52. The molecule has 0 aromatic heterocycles. The number of hydrogen-bond acceptors (Lipinski definition) is 2. The first kappa shape index (κ1) is 14.7. The van der Waals surface area contributed by atoms with Gasteiger partial charge < -0.3 is 15.4 Å². The van der Waals surface area contributed by atoms with Gasteiger partial charge in [-0.25, -0.2) is 4.79 Å². The summed E-state index contributed by atoms with van der Waals surface area (Å²) < 4.78 is 5.58. The summed E-state index contributed by atoms with van der Waals surface area (Å²) in [6.45, 7) is 3.04. The summed E-state index contributed by atoms with van der Waals surface area (Å²) in [6, 6.07) is 8.18. The van der Waals surface area contributed by atoms with E-state index in [4.69, 9.17) is 4.74 Å². The minimum Gasteiger partial charge on any atom is -0.492 e. The third-order valence-electron chi connectivity index (χ3n) is 3.59. The summed E-state index contributed by atoms with van der Waals surface area (Å²) in [5, 5.41) is 5.86. The first-order chi connectivity index (χ1) is 9.74. The Balaban J connectivity index is 1.59. The number of benzene rings is 1. The van der Waals surface area contributed by atoms with Crippen LogP contribution in [-0.4, -0.2) is 25.2 Å². The van der Waals surface area contributed by atoms with Crippen LogP contribution in [0.25, 0.3) is 0 Å². The zero-order chi connectivity index (χ0) is 14.2. The lowest BCUT2D eigenvalue weighted by molar-refractivity contribution is 0.228. The standard InChI is InChI=1S/C16H24N2O2/c1-13-6-5-9-15(12-13)20-11-10-17-16(19)18-14-7-3-2-4-8-14/h5-6,9,12,14H,2-4,7-8,10-11H2,1H3,(H2,17,18,19). The summed E-state index contributed by atoms with van der Waals surface area (Å²) >= 11 is 0. The van der Waals surface area contributed by atoms with Crippen molar-refractivity contribution in [3.05, 3.63) is 29.8 Å². The van der Waals surface area contributed by atoms with Crippen LogP contribution < -0.4 is 15.4 Å². The van der Waals surface area contributed by atoms with Gasteiger partial charge in [-0.15, -0.1) is 0 Å². The molecule has 1 aliphatic carbocycles. The molecule has 0 unspecified atom stereocenters. The van der Waals surface area contributed by atoms with Crippen LogP contribution in [0.2, 0.25) is 0 Å². The van der Waals surface area contributed by atoms with E-state index < -0.39 is 0 Å². The molecule has 0 atom stereocenters. The van der Waals surface area contributed by atoms with Crippen LogP contribution in [0.3, 0.4) is 0 Å². The van der Waals surface area contributed by atoms with Gasteiger partial charge in [-0.3, -0.25) is 0 Å². The highest BCUT2D eigenvalue weighted by Gasteiger charge is 2.14. The second-order valence-corrected chi connectivity index (χ2v) is 5.40. The minimum absolute atomic E-state index is 0.0789. The molecule has 20 heavy (non-hydrogen) atoms. The van der Waals surface area contributed by atoms with Crippen molar-refractivity contribution < 1.29 is 9.53 Å². The molecular weight excluding hydrogens is 252 g/mol. The number of ether oxygens (including phenoxy) is 1. The van der Waals surface area contributed by atoms with Crippen LogP contribution >= 0.6 is 0 Å². The van der Waals surface area contributed by atoms with E-state index in [0.29, 0.717) is 19.2 Å². The van der Waals surface area contributed by atoms with E-state index in [1.165, 1.54) is 24.8 Å². The Hall–Kier alpha value is -1.71. The largest absolute Gasteiger partial charge is 0.492 e. The molecule has 110 valence electrons. The maximum absolute atomic E-state index is 11.7. The maximum Gasteiger partial charge on any atom is 0.315 e. The third-order valence-corrected chi connectivity index (χ3v) is 3.59. The van der Waals surface area contributed by atoms with Gasteiger partial charge in [0.15, 0.2) is 0 Å². The fraction of sp³-hybridized carbons (Fsp3) is 0.562. The van der Waals surface area contributed by atoms with Gasteiger partial charge in [-0.2, -0.15) is 0 Å². The predicted molar refractivity (Wildman–Crippen MR) is 80.1 cm³/mol. The Labute approximate surface area is 120 Å². The van der Waals surface area contributed by atoms with Gasteiger partial charge in [-0.05, 0) is 37.5 Å². The summed E-state index contributed by atoms with van der Waals surface area (Å²) in [5.74, 6) is 0.847. The molecule has 1 aromatic rings. The van der Waals surface area contributed by atoms with Gasteiger partial charge in [0, 0.05) is 6.04 Å². The number of urea groups is 1. The van der Waals surface area contributed by atoms with Gasteiger partial charge in [0.05, 0.1) is 6.54 Å². The maximum atomic E-state index is 11.7. The molecule has 1 aromatic carbocycles. The molecule has 0 bridgehead atoms. The van der Waals surface area contributed by atoms with Crippen molar-refractivity contribution in [3.8, 4) is 5.75 Å². The van der Waals surface area contributed by atoms with Crippen LogP contribution in [-0.2, 0) is 0 Å². The first-order valence-corrected chi connectivity index (χ1v) is 7.48. The summed E-state index contributed by atoms with van der Waals surface area (Å²) in [7, 11) is 0. The van der Waals surface area contributed by atoms with E-state index in [1.807, 2.05) is 31.2 Å². The van der Waals surface area contributed by atoms with Gasteiger partial charge in [0.2, 0.25) is 0 Å². The minimum atomic E-state index is -0.0789. The molecule has 0 saturated heterocycles. The van der Waals surface area contributed by atoms with Crippen LogP contribution in [0.4, 0.5) is 4.79 Å². The molecule has 2 rings (SSSR count). The van der Waals surface area contributed by atoms with E-state index in [1.54, 1.807) is 0 Å². The van der Waals surface area contributed by atoms with Crippen molar-refractivity contribution >= 4 is 6.03 Å². The number of aryl methyl sites for hydroxylation is 1. The lowest BCUT2D eigenvalue weighted by Crippen LogP contribution is -2.44. The zero-order valence-electron chi connectivity index (χ0n) is 12.2. The SMILES string of the molecule is Cc1cccc(OCCNC(=O)NC2CCCCC2)c1. The molecule has 0 aliphatic heterocycles. The molecule has 4 nitrogen and oxygen atoms in total. The molecule has 2 amide bonds. The number of amides is 2. The van der Waals surface area contributed by atoms with Crippen LogP contribution in [0.1, 0.15) is 37.7 Å². The van der Waals surface area contributed by atoms with Crippen molar-refractivity contribution in [2.45, 2.75) is 45.1 Å². The number of carbonyl (C=O) groups is 1. The van der Waals surface area contributed by atoms with Crippen LogP contribution in [0, 0.1) is 6.92 Å². The fourth-order valence-corrected chi connectivity index (χ4v) is 2.52. The molecule has 0 radical (unpaired) electrons. The second kappa shape index (κ2) is 7.78. The summed E-state index contributed by atoms with van der Waals surface area (Å²) in [5.41, 5.74) is 1.17. The van der Waals surface area contributed by atoms with Crippen LogP contribution in [0.15, 0.2) is 24.3 Å². The molecule has 1 fully saturated rings. The molecule has 0 heterocycles. The monoisotopic (exact) mass is 276 g/mol. The predicted octanol–water partition coefficient (Wildman–Crippen LogP) is 3.01. The highest BCUT2D eigenvalue weighted by atomic mass is 16.5. The highest BCUT2D eigenvalue weighted by Crippen LogP contribution is 2.17. The van der Waals surface area contributed by atoms with Gasteiger partial charge in [-0.1, -0.05) is 31.4 Å². The van der Waals surface area contributed by atoms with Crippen molar-refractivity contribution in [2.75, 3.05) is 13.2 Å². The summed E-state index contributed by atoms with van der Waals surface area (Å²) in [6.07, 6.45) is 5.95. The van der Waals surface area contributed by atoms with E-state index in [9.17, 15) is 4.79 Å². The zero-order valence-corrected chi connectivity index (χ0v) is 12.2. The Kier molecular flexibility index (Phi) is 5.71. The third kappa shape index (κ3) is 5.11. The van der Waals surface area contributed by atoms with Crippen molar-refractivity contribution in [3.63, 3.8) is 0 Å². The average Bonchev–Trinajstić information content (AvgIpc) is 2.45. The Morgan fingerprint density at radius 2 is 2.10 bits per heavy atom. The molecule has 0 spiro atoms. The molecule has 1 saturated carbocycles. The first-order valence-electron chi connectivity index (χ1n) is 7.48. The smallest absolute Gasteiger partial charge is 0.315 e. The number of nitrogens with one attached hydrogen (secondary N) is 2. The molecular formula is C16H24N2O2. The van der Waals surface area contributed by atoms with Crippen LogP contribution in [0.5, 0.6) is 5.75 Å². The van der Waals surface area contributed by atoms with Crippen molar-refractivity contribution in [1.29, 1.82) is 0 Å². The highest BCUT2D eigenvalue weighted by molar-refractivity contribution is 5.74. The number of rotatable bonds is 5. The van der Waals surface area contributed by atoms with Gasteiger partial charge >= 0.3 is 6.03 Å². The normalized spacial score (nSPS) is 15.7. The Bertz CT molecular complexity index is 428. The van der Waals surface area contributed by atoms with E-state index in [-0.39, 0.29) is 6.03 Å². The molecule has 1 aliphatic rings. The Morgan fingerprint density at radius 1 is 1.30 bits per heavy atom. The van der Waals surface area contributed by atoms with Crippen molar-refractivity contribution in [2.24, 2.45) is 0 Å². The van der Waals surface area contributed by atoms with E-state index in [2.05, 4.69) is 10.6 Å². The average molecular weight is 276 g/mol. The second-order valence-electron chi connectivity index (χ2n) is 5.40. The van der Waals surface area contributed by atoms with Gasteiger partial charge in [0.1, 0.15) is 12.4 Å². The number of hydrogen-bond donors (Lipinski definition) is 2. The topological polar surface area (TPSA) is 50.4 Å². The van der Waals surface area contributed by atoms with Crippen molar-refractivity contribution in [1.82, 2.24) is 10.6 Å². The number of carbonyl (C=O) groups excluding carboxylic acids is 1. The lowest BCUT2D eigenvalue weighted by Gasteiger charge is -2.22. The van der Waals surface area contributed by atoms with Gasteiger partial charge in [0.25, 0.3) is 0 Å². The van der Waals surface area contributed by atoms with E-state index in [0.717, 1.165) is 18.6 Å². The molecule has 4 heteroatoms. The lowest BCUT2D eigenvalue weighted by atomic mass is 9.96.